The van der Waals surface area contributed by atoms with Gasteiger partial charge >= 0.3 is 0 Å². The average molecular weight is 814 g/mol. The first-order valence-electron chi connectivity index (χ1n) is 17.8. The standard InChI is InChI=1S/C12H24N2O2.C10H21NO2.2C5H11NO.C5H10O.6CH4.B.H2/c1-6-8(3)11(15)13-10(5)14-12(16)9(4)7-2;1-6-7(2)8(12)11-9(13)10(3,4)5;2*1-3-4(2)5(6)7;1-5(2,3)4-6;;;;;;;;/h8-10H,6-7H2,1-5H3,(H,13,15)(H,14,16);7,9,13H,6H2,1-5H3,(H,11,12);2*4H,3H2,1-2H3,(H2,6,7);4H,1-3H3;6*1H4;;1H/i;;;;;;;;;;;;1+1. The molecule has 345 valence electrons. The van der Waals surface area contributed by atoms with E-state index in [0.29, 0.717) is 0 Å². The Hall–Kier alpha value is -2.96. The van der Waals surface area contributed by atoms with E-state index in [-0.39, 0.29) is 131 Å². The number of hydrogen-bond donors (Lipinski definition) is 6. The van der Waals surface area contributed by atoms with E-state index in [1.165, 1.54) is 0 Å². The van der Waals surface area contributed by atoms with Crippen LogP contribution in [-0.4, -0.2) is 61.7 Å². The van der Waals surface area contributed by atoms with Crippen molar-refractivity contribution in [1.29, 1.82) is 0 Å². The van der Waals surface area contributed by atoms with Crippen molar-refractivity contribution in [2.75, 3.05) is 0 Å². The number of nitrogens with one attached hydrogen (secondary N) is 3. The molecule has 0 heterocycles. The smallest absolute Gasteiger partial charge is 0.224 e. The van der Waals surface area contributed by atoms with E-state index in [4.69, 9.17) is 11.5 Å². The molecule has 0 fully saturated rings. The fourth-order valence-corrected chi connectivity index (χ4v) is 2.20. The Bertz CT molecular complexity index is 902. The van der Waals surface area contributed by atoms with Gasteiger partial charge in [-0.15, -0.1) is 0 Å². The number of hydrogen-bond acceptors (Lipinski definition) is 7. The van der Waals surface area contributed by atoms with Gasteiger partial charge in [-0.3, -0.25) is 24.0 Å². The quantitative estimate of drug-likeness (QED) is 0.0603. The minimum absolute atomic E-state index is 0. The van der Waals surface area contributed by atoms with Gasteiger partial charge < -0.3 is 37.3 Å². The van der Waals surface area contributed by atoms with Crippen LogP contribution in [0.25, 0.3) is 0 Å². The van der Waals surface area contributed by atoms with Crippen molar-refractivity contribution < 1.29 is 35.3 Å². The summed E-state index contributed by atoms with van der Waals surface area (Å²) in [6.07, 6.45) is 3.95. The Kier molecular flexibility index (Phi) is 70.7. The monoisotopic (exact) mass is 814 g/mol. The van der Waals surface area contributed by atoms with Crippen molar-refractivity contribution >= 4 is 44.2 Å². The van der Waals surface area contributed by atoms with Crippen LogP contribution in [0.5, 0.6) is 0 Å². The van der Waals surface area contributed by atoms with Gasteiger partial charge in [0.05, 0.1) is 6.17 Å². The molecule has 5 amide bonds. The number of nitrogens with two attached hydrogens (primary N) is 2. The lowest BCUT2D eigenvalue weighted by atomic mass is 9.94. The largest absolute Gasteiger partial charge is 0.373 e. The van der Waals surface area contributed by atoms with Crippen molar-refractivity contribution in [1.82, 2.24) is 16.0 Å². The Morgan fingerprint density at radius 1 is 0.536 bits per heavy atom. The molecule has 12 nitrogen and oxygen atoms in total. The van der Waals surface area contributed by atoms with Crippen LogP contribution in [-0.2, 0) is 28.8 Å². The minimum atomic E-state index is -0.769. The highest BCUT2D eigenvalue weighted by atomic mass is 16.3. The Balaban J connectivity index is -0.0000000391. The number of aliphatic hydroxyl groups is 1. The van der Waals surface area contributed by atoms with Gasteiger partial charge in [-0.25, -0.2) is 0 Å². The van der Waals surface area contributed by atoms with Gasteiger partial charge in [0.1, 0.15) is 12.5 Å². The number of carbonyl (C=O) groups is 6. The lowest BCUT2D eigenvalue weighted by Gasteiger charge is -2.27. The predicted octanol–water partition coefficient (Wildman–Crippen LogP) is 9.12. The Labute approximate surface area is 353 Å². The first kappa shape index (κ1) is 85.3. The van der Waals surface area contributed by atoms with Gasteiger partial charge in [0.15, 0.2) is 0 Å². The first-order valence-corrected chi connectivity index (χ1v) is 17.8. The third kappa shape index (κ3) is 55.4. The van der Waals surface area contributed by atoms with Crippen LogP contribution in [0.3, 0.4) is 0 Å². The van der Waals surface area contributed by atoms with Crippen LogP contribution in [0.1, 0.15) is 196 Å². The summed E-state index contributed by atoms with van der Waals surface area (Å²) in [5, 5.41) is 17.7. The molecule has 8 N–H and O–H groups in total. The number of carbonyl (C=O) groups excluding carboxylic acids is 6. The van der Waals surface area contributed by atoms with Gasteiger partial charge in [-0.1, -0.05) is 155 Å². The van der Waals surface area contributed by atoms with Gasteiger partial charge in [0.25, 0.3) is 0 Å². The van der Waals surface area contributed by atoms with Crippen molar-refractivity contribution in [2.24, 2.45) is 51.9 Å². The predicted molar refractivity (Wildman–Crippen MR) is 249 cm³/mol. The third-order valence-electron chi connectivity index (χ3n) is 7.55. The molecule has 3 radical (unpaired) electrons. The van der Waals surface area contributed by atoms with Gasteiger partial charge in [0.2, 0.25) is 29.5 Å². The van der Waals surface area contributed by atoms with Crippen LogP contribution in [0.4, 0.5) is 0 Å². The normalized spacial score (nSPS) is 13.0. The molecule has 0 aliphatic heterocycles. The zero-order valence-corrected chi connectivity index (χ0v) is 34.8. The second-order valence-corrected chi connectivity index (χ2v) is 14.9. The number of rotatable bonds is 13. The topological polar surface area (TPSA) is 211 Å². The zero-order chi connectivity index (χ0) is 40.3. The SMILES string of the molecule is C.C.C.C.C.C.CC(C)(C)C=O.CCC(C)C(=O)NC(C)NC(=O)C(C)CC.CCC(C)C(=O)NC(O)C(C)(C)C.CCC(C)C(N)=O.CCC(C)C(N)=O.[2HH].[B]. The van der Waals surface area contributed by atoms with E-state index >= 15 is 0 Å². The molecule has 0 aromatic rings. The Morgan fingerprint density at radius 3 is 0.857 bits per heavy atom. The summed E-state index contributed by atoms with van der Waals surface area (Å²) in [6.45, 7) is 32.1. The fraction of sp³-hybridized carbons (Fsp3) is 0.860. The summed E-state index contributed by atoms with van der Waals surface area (Å²) < 4.78 is 0. The highest BCUT2D eigenvalue weighted by molar-refractivity contribution is 5.81. The molecule has 0 aliphatic carbocycles. The van der Waals surface area contributed by atoms with E-state index < -0.39 is 6.23 Å². The Morgan fingerprint density at radius 2 is 0.732 bits per heavy atom. The van der Waals surface area contributed by atoms with E-state index in [1.54, 1.807) is 6.92 Å². The molecule has 0 aromatic heterocycles. The summed E-state index contributed by atoms with van der Waals surface area (Å²) in [7, 11) is 0. The van der Waals surface area contributed by atoms with Crippen LogP contribution in [0.2, 0.25) is 0 Å². The van der Waals surface area contributed by atoms with Crippen molar-refractivity contribution in [3.8, 4) is 0 Å². The number of primary amides is 2. The maximum atomic E-state index is 11.5. The lowest BCUT2D eigenvalue weighted by Crippen LogP contribution is -2.48. The molecular formula is C43H103BN5O7. The number of amides is 5. The molecule has 0 bridgehead atoms. The summed E-state index contributed by atoms with van der Waals surface area (Å²) in [6, 6.07) is 0. The fourth-order valence-electron chi connectivity index (χ4n) is 2.20. The molecule has 0 saturated heterocycles. The zero-order valence-electron chi connectivity index (χ0n) is 34.8. The third-order valence-corrected chi connectivity index (χ3v) is 7.55. The molecule has 6 unspecified atom stereocenters. The molecule has 0 saturated carbocycles. The molecule has 56 heavy (non-hydrogen) atoms. The van der Waals surface area contributed by atoms with E-state index in [1.807, 2.05) is 111 Å². The maximum absolute atomic E-state index is 11.5. The average Bonchev–Trinajstić information content (AvgIpc) is 3.02. The molecule has 0 aliphatic rings. The van der Waals surface area contributed by atoms with E-state index in [0.717, 1.165) is 38.4 Å². The van der Waals surface area contributed by atoms with Gasteiger partial charge in [-0.2, -0.15) is 0 Å². The van der Waals surface area contributed by atoms with Gasteiger partial charge in [0, 0.05) is 50.3 Å². The molecule has 0 spiro atoms. The van der Waals surface area contributed by atoms with Crippen LogP contribution in [0.15, 0.2) is 0 Å². The van der Waals surface area contributed by atoms with E-state index in [2.05, 4.69) is 16.0 Å². The molecule has 0 aromatic carbocycles. The first-order chi connectivity index (χ1) is 22.1. The van der Waals surface area contributed by atoms with Gasteiger partial charge in [-0.05, 0) is 39.0 Å². The maximum Gasteiger partial charge on any atom is 0.224 e. The van der Waals surface area contributed by atoms with Crippen LogP contribution >= 0.6 is 0 Å². The summed E-state index contributed by atoms with van der Waals surface area (Å²) >= 11 is 0. The number of aldehydes is 1. The van der Waals surface area contributed by atoms with Crippen LogP contribution < -0.4 is 27.4 Å². The highest BCUT2D eigenvalue weighted by Crippen LogP contribution is 2.17. The highest BCUT2D eigenvalue weighted by Gasteiger charge is 2.25. The lowest BCUT2D eigenvalue weighted by molar-refractivity contribution is -0.130. The second kappa shape index (κ2) is 46.4. The molecule has 13 heteroatoms. The molecule has 6 atom stereocenters. The van der Waals surface area contributed by atoms with Crippen molar-refractivity contribution in [3.63, 3.8) is 0 Å². The minimum Gasteiger partial charge on any atom is -0.373 e. The summed E-state index contributed by atoms with van der Waals surface area (Å²) in [5.74, 6) is -0.489. The van der Waals surface area contributed by atoms with Crippen molar-refractivity contribution in [3.05, 3.63) is 0 Å². The van der Waals surface area contributed by atoms with Crippen molar-refractivity contribution in [2.45, 2.75) is 207 Å². The summed E-state index contributed by atoms with van der Waals surface area (Å²) in [4.78, 5) is 64.6. The molecular weight excluding hydrogens is 709 g/mol. The van der Waals surface area contributed by atoms with E-state index in [9.17, 15) is 33.9 Å². The summed E-state index contributed by atoms with van der Waals surface area (Å²) in [5.41, 5.74) is 9.37. The second-order valence-electron chi connectivity index (χ2n) is 14.9. The number of aliphatic hydroxyl groups excluding tert-OH is 1. The molecule has 0 rings (SSSR count). The van der Waals surface area contributed by atoms with Crippen LogP contribution in [0, 0.1) is 40.4 Å².